The minimum atomic E-state index is -4.57. The molecule has 0 amide bonds. The molecule has 124 valence electrons. The van der Waals surface area contributed by atoms with Gasteiger partial charge in [-0.25, -0.2) is 12.8 Å². The lowest BCUT2D eigenvalue weighted by Crippen LogP contribution is -2.54. The van der Waals surface area contributed by atoms with Crippen molar-refractivity contribution in [2.24, 2.45) is 0 Å². The molecule has 1 atom stereocenters. The van der Waals surface area contributed by atoms with E-state index in [2.05, 4.69) is 5.73 Å². The molecule has 0 aliphatic carbocycles. The Labute approximate surface area is 130 Å². The third-order valence-electron chi connectivity index (χ3n) is 3.36. The van der Waals surface area contributed by atoms with Crippen molar-refractivity contribution in [2.75, 3.05) is 6.54 Å². The molecule has 0 aliphatic rings. The molecule has 2 aromatic rings. The molecule has 0 heterocycles. The standard InChI is InChI=1S/C15H13F4NO2S/c16-12-4-6-13(7-5-12)23(21,22)14(9-20)10-2-1-3-11(8-10)15(17,18)19/h1-8,14H,9,20H2/p+1/t14-/m0/s1. The van der Waals surface area contributed by atoms with E-state index >= 15 is 0 Å². The van der Waals surface area contributed by atoms with Crippen LogP contribution in [0.25, 0.3) is 0 Å². The molecule has 23 heavy (non-hydrogen) atoms. The summed E-state index contributed by atoms with van der Waals surface area (Å²) < 4.78 is 76.5. The van der Waals surface area contributed by atoms with Gasteiger partial charge in [-0.15, -0.1) is 0 Å². The SMILES string of the molecule is [NH3+]C[C@@H](c1cccc(C(F)(F)F)c1)S(=O)(=O)c1ccc(F)cc1. The molecule has 3 N–H and O–H groups in total. The van der Waals surface area contributed by atoms with Gasteiger partial charge in [0.15, 0.2) is 9.84 Å². The predicted molar refractivity (Wildman–Crippen MR) is 75.5 cm³/mol. The summed E-state index contributed by atoms with van der Waals surface area (Å²) in [6, 6.07) is 8.28. The minimum Gasteiger partial charge on any atom is -0.356 e. The highest BCUT2D eigenvalue weighted by atomic mass is 32.2. The fourth-order valence-corrected chi connectivity index (χ4v) is 3.86. The maximum Gasteiger partial charge on any atom is 0.416 e. The van der Waals surface area contributed by atoms with Gasteiger partial charge >= 0.3 is 6.18 Å². The van der Waals surface area contributed by atoms with Gasteiger partial charge in [0.05, 0.1) is 17.0 Å². The Kier molecular flexibility index (Phi) is 4.76. The molecule has 0 bridgehead atoms. The number of sulfone groups is 1. The minimum absolute atomic E-state index is 0.000787. The van der Waals surface area contributed by atoms with Gasteiger partial charge in [0.1, 0.15) is 11.1 Å². The maximum absolute atomic E-state index is 12.9. The van der Waals surface area contributed by atoms with E-state index < -0.39 is 32.6 Å². The first-order valence-corrected chi connectivity index (χ1v) is 8.17. The zero-order valence-electron chi connectivity index (χ0n) is 11.8. The van der Waals surface area contributed by atoms with E-state index in [1.54, 1.807) is 0 Å². The lowest BCUT2D eigenvalue weighted by atomic mass is 10.1. The summed E-state index contributed by atoms with van der Waals surface area (Å²) in [4.78, 5) is -0.162. The van der Waals surface area contributed by atoms with Gasteiger partial charge in [0.25, 0.3) is 0 Å². The smallest absolute Gasteiger partial charge is 0.356 e. The fourth-order valence-electron chi connectivity index (χ4n) is 2.20. The Hall–Kier alpha value is -1.93. The Balaban J connectivity index is 2.49. The molecule has 0 fully saturated rings. The van der Waals surface area contributed by atoms with Crippen molar-refractivity contribution in [1.29, 1.82) is 0 Å². The molecule has 0 saturated carbocycles. The first-order valence-electron chi connectivity index (χ1n) is 6.62. The average Bonchev–Trinajstić information content (AvgIpc) is 2.47. The van der Waals surface area contributed by atoms with Crippen molar-refractivity contribution < 1.29 is 31.7 Å². The number of rotatable bonds is 4. The van der Waals surface area contributed by atoms with Crippen LogP contribution in [0.3, 0.4) is 0 Å². The molecule has 3 nitrogen and oxygen atoms in total. The van der Waals surface area contributed by atoms with Crippen molar-refractivity contribution >= 4 is 9.84 Å². The predicted octanol–water partition coefficient (Wildman–Crippen LogP) is 2.60. The lowest BCUT2D eigenvalue weighted by molar-refractivity contribution is -0.367. The molecule has 0 spiro atoms. The topological polar surface area (TPSA) is 61.8 Å². The van der Waals surface area contributed by atoms with Gasteiger partial charge in [-0.2, -0.15) is 13.2 Å². The van der Waals surface area contributed by atoms with Crippen LogP contribution >= 0.6 is 0 Å². The second-order valence-electron chi connectivity index (χ2n) is 4.90. The van der Waals surface area contributed by atoms with Crippen molar-refractivity contribution in [3.8, 4) is 0 Å². The van der Waals surface area contributed by atoms with Gasteiger partial charge in [0.2, 0.25) is 0 Å². The number of alkyl halides is 3. The third-order valence-corrected chi connectivity index (χ3v) is 5.55. The Morgan fingerprint density at radius 3 is 2.17 bits per heavy atom. The van der Waals surface area contributed by atoms with Gasteiger partial charge in [-0.1, -0.05) is 18.2 Å². The summed E-state index contributed by atoms with van der Waals surface area (Å²) in [5.74, 6) is -0.603. The molecule has 0 aromatic heterocycles. The van der Waals surface area contributed by atoms with E-state index in [1.165, 1.54) is 6.07 Å². The molecule has 0 aliphatic heterocycles. The molecule has 2 aromatic carbocycles. The molecule has 8 heteroatoms. The van der Waals surface area contributed by atoms with Crippen LogP contribution in [0.5, 0.6) is 0 Å². The number of hydrogen-bond donors (Lipinski definition) is 1. The highest BCUT2D eigenvalue weighted by molar-refractivity contribution is 7.91. The van der Waals surface area contributed by atoms with Crippen LogP contribution in [0.2, 0.25) is 0 Å². The summed E-state index contributed by atoms with van der Waals surface area (Å²) in [6.07, 6.45) is -4.57. The van der Waals surface area contributed by atoms with E-state index in [4.69, 9.17) is 0 Å². The molecule has 0 saturated heterocycles. The van der Waals surface area contributed by atoms with Crippen molar-refractivity contribution in [1.82, 2.24) is 0 Å². The normalized spacial score (nSPS) is 13.8. The number of quaternary nitrogens is 1. The maximum atomic E-state index is 12.9. The van der Waals surface area contributed by atoms with Gasteiger partial charge < -0.3 is 5.73 Å². The number of benzene rings is 2. The third kappa shape index (κ3) is 3.70. The summed E-state index contributed by atoms with van der Waals surface area (Å²) in [7, 11) is -3.98. The number of halogens is 4. The zero-order chi connectivity index (χ0) is 17.3. The highest BCUT2D eigenvalue weighted by Gasteiger charge is 2.34. The van der Waals surface area contributed by atoms with Crippen LogP contribution in [0.4, 0.5) is 17.6 Å². The molecule has 0 unspecified atom stereocenters. The first kappa shape index (κ1) is 17.4. The van der Waals surface area contributed by atoms with Crippen molar-refractivity contribution in [3.63, 3.8) is 0 Å². The van der Waals surface area contributed by atoms with Crippen LogP contribution in [0.15, 0.2) is 53.4 Å². The molecule has 0 radical (unpaired) electrons. The quantitative estimate of drug-likeness (QED) is 0.682. The first-order chi connectivity index (χ1) is 10.7. The van der Waals surface area contributed by atoms with E-state index in [1.807, 2.05) is 0 Å². The van der Waals surface area contributed by atoms with E-state index in [0.717, 1.165) is 42.5 Å². The van der Waals surface area contributed by atoms with Crippen LogP contribution in [-0.4, -0.2) is 15.0 Å². The van der Waals surface area contributed by atoms with Crippen molar-refractivity contribution in [2.45, 2.75) is 16.3 Å². The Bertz CT molecular complexity index is 786. The molecule has 2 rings (SSSR count). The lowest BCUT2D eigenvalue weighted by Gasteiger charge is -2.16. The summed E-state index contributed by atoms with van der Waals surface area (Å²) in [5.41, 5.74) is 2.60. The van der Waals surface area contributed by atoms with Gasteiger partial charge in [-0.05, 0) is 35.9 Å². The van der Waals surface area contributed by atoms with Crippen LogP contribution in [0.1, 0.15) is 16.4 Å². The number of hydrogen-bond acceptors (Lipinski definition) is 2. The van der Waals surface area contributed by atoms with Crippen molar-refractivity contribution in [3.05, 3.63) is 65.5 Å². The van der Waals surface area contributed by atoms with Crippen LogP contribution < -0.4 is 5.73 Å². The second kappa shape index (κ2) is 6.29. The van der Waals surface area contributed by atoms with Gasteiger partial charge in [-0.3, -0.25) is 0 Å². The molecular weight excluding hydrogens is 334 g/mol. The van der Waals surface area contributed by atoms with E-state index in [0.29, 0.717) is 0 Å². The monoisotopic (exact) mass is 348 g/mol. The average molecular weight is 348 g/mol. The Morgan fingerprint density at radius 1 is 1.04 bits per heavy atom. The zero-order valence-corrected chi connectivity index (χ0v) is 12.7. The summed E-state index contributed by atoms with van der Waals surface area (Å²) in [5, 5.41) is -1.24. The fraction of sp³-hybridized carbons (Fsp3) is 0.200. The summed E-state index contributed by atoms with van der Waals surface area (Å²) in [6.45, 7) is -0.152. The van der Waals surface area contributed by atoms with E-state index in [9.17, 15) is 26.0 Å². The van der Waals surface area contributed by atoms with Crippen LogP contribution in [0, 0.1) is 5.82 Å². The molecular formula is C15H14F4NO2S+. The second-order valence-corrected chi connectivity index (χ2v) is 7.03. The highest BCUT2D eigenvalue weighted by Crippen LogP contribution is 2.33. The Morgan fingerprint density at radius 2 is 1.65 bits per heavy atom. The summed E-state index contributed by atoms with van der Waals surface area (Å²) >= 11 is 0. The van der Waals surface area contributed by atoms with Crippen LogP contribution in [-0.2, 0) is 16.0 Å². The van der Waals surface area contributed by atoms with E-state index in [-0.39, 0.29) is 17.0 Å². The van der Waals surface area contributed by atoms with Gasteiger partial charge in [0, 0.05) is 0 Å². The largest absolute Gasteiger partial charge is 0.416 e.